The molecule has 1 amide bonds. The Balaban J connectivity index is 1.58. The Labute approximate surface area is 219 Å². The van der Waals surface area contributed by atoms with Crippen LogP contribution in [0.5, 0.6) is 0 Å². The summed E-state index contributed by atoms with van der Waals surface area (Å²) < 4.78 is 66.4. The van der Waals surface area contributed by atoms with Crippen LogP contribution in [0.25, 0.3) is 10.9 Å². The van der Waals surface area contributed by atoms with Gasteiger partial charge in [0.2, 0.25) is 5.82 Å². The molecule has 14 heteroatoms. The second kappa shape index (κ2) is 11.3. The lowest BCUT2D eigenvalue weighted by Gasteiger charge is -2.37. The number of pyridine rings is 1. The van der Waals surface area contributed by atoms with Crippen molar-refractivity contribution in [3.8, 4) is 0 Å². The lowest BCUT2D eigenvalue weighted by Crippen LogP contribution is -2.45. The molecule has 3 heterocycles. The predicted octanol–water partition coefficient (Wildman–Crippen LogP) is 4.30. The van der Waals surface area contributed by atoms with Crippen LogP contribution in [0.3, 0.4) is 0 Å². The fourth-order valence-corrected chi connectivity index (χ4v) is 4.50. The second-order valence-electron chi connectivity index (χ2n) is 8.79. The molecule has 1 aliphatic heterocycles. The molecule has 1 fully saturated rings. The van der Waals surface area contributed by atoms with Crippen LogP contribution in [-0.4, -0.2) is 69.6 Å². The van der Waals surface area contributed by atoms with Crippen LogP contribution in [-0.2, 0) is 6.18 Å². The van der Waals surface area contributed by atoms with Gasteiger partial charge in [0.15, 0.2) is 0 Å². The van der Waals surface area contributed by atoms with Crippen LogP contribution >= 0.6 is 11.6 Å². The summed E-state index contributed by atoms with van der Waals surface area (Å²) in [6, 6.07) is 5.67. The van der Waals surface area contributed by atoms with Crippen LogP contribution < -0.4 is 10.6 Å². The normalized spacial score (nSPS) is 16.8. The van der Waals surface area contributed by atoms with Crippen molar-refractivity contribution < 1.29 is 31.9 Å². The Bertz CT molecular complexity index is 1280. The molecule has 0 aliphatic carbocycles. The minimum absolute atomic E-state index is 0.0306. The first kappa shape index (κ1) is 27.9. The van der Waals surface area contributed by atoms with Crippen LogP contribution in [0.2, 0.25) is 5.02 Å². The molecule has 4 rings (SSSR count). The van der Waals surface area contributed by atoms with Crippen molar-refractivity contribution in [3.63, 3.8) is 0 Å². The Morgan fingerprint density at radius 2 is 1.82 bits per heavy atom. The zero-order chi connectivity index (χ0) is 27.5. The third-order valence-electron chi connectivity index (χ3n) is 6.20. The summed E-state index contributed by atoms with van der Waals surface area (Å²) in [6.07, 6.45) is -3.59. The van der Waals surface area contributed by atoms with Crippen molar-refractivity contribution in [2.75, 3.05) is 38.1 Å². The van der Waals surface area contributed by atoms with Gasteiger partial charge in [-0.25, -0.2) is 23.7 Å². The SMILES string of the molecule is O=C(NCC(c1cnc(C(F)(F)F)nc1)N1CCC(F)(F)CC1)c1c(Cl)ccc2nc(NCCO)ccc12. The highest BCUT2D eigenvalue weighted by Gasteiger charge is 2.38. The van der Waals surface area contributed by atoms with E-state index < -0.39 is 42.7 Å². The molecule has 1 atom stereocenters. The first-order chi connectivity index (χ1) is 18.0. The Kier molecular flexibility index (Phi) is 8.28. The van der Waals surface area contributed by atoms with E-state index in [0.717, 1.165) is 12.4 Å². The van der Waals surface area contributed by atoms with Crippen molar-refractivity contribution in [3.05, 3.63) is 58.6 Å². The summed E-state index contributed by atoms with van der Waals surface area (Å²) in [5, 5.41) is 15.3. The number of benzene rings is 1. The van der Waals surface area contributed by atoms with Crippen LogP contribution in [0.15, 0.2) is 36.7 Å². The first-order valence-corrected chi connectivity index (χ1v) is 12.1. The van der Waals surface area contributed by atoms with E-state index in [9.17, 15) is 26.7 Å². The number of piperidine rings is 1. The Morgan fingerprint density at radius 1 is 1.13 bits per heavy atom. The molecule has 204 valence electrons. The van der Waals surface area contributed by atoms with E-state index in [4.69, 9.17) is 16.7 Å². The maximum absolute atomic E-state index is 13.8. The minimum atomic E-state index is -4.73. The van der Waals surface area contributed by atoms with Gasteiger partial charge in [0.25, 0.3) is 11.8 Å². The van der Waals surface area contributed by atoms with Crippen molar-refractivity contribution in [1.82, 2.24) is 25.2 Å². The molecule has 3 N–H and O–H groups in total. The van der Waals surface area contributed by atoms with Crippen LogP contribution in [0, 0.1) is 0 Å². The molecule has 1 aliphatic rings. The van der Waals surface area contributed by atoms with Gasteiger partial charge in [-0.1, -0.05) is 11.6 Å². The van der Waals surface area contributed by atoms with Crippen LogP contribution in [0.1, 0.15) is 40.6 Å². The zero-order valence-corrected chi connectivity index (χ0v) is 20.7. The number of hydrogen-bond acceptors (Lipinski definition) is 7. The van der Waals surface area contributed by atoms with Crippen molar-refractivity contribution in [1.29, 1.82) is 0 Å². The van der Waals surface area contributed by atoms with E-state index in [0.29, 0.717) is 16.7 Å². The number of nitrogens with one attached hydrogen (secondary N) is 2. The number of aliphatic hydroxyl groups is 1. The number of hydrogen-bond donors (Lipinski definition) is 3. The number of aliphatic hydroxyl groups excluding tert-OH is 1. The lowest BCUT2D eigenvalue weighted by molar-refractivity contribution is -0.145. The molecule has 1 aromatic carbocycles. The van der Waals surface area contributed by atoms with Gasteiger partial charge in [-0.05, 0) is 24.3 Å². The highest BCUT2D eigenvalue weighted by Crippen LogP contribution is 2.33. The molecular weight excluding hydrogens is 535 g/mol. The van der Waals surface area contributed by atoms with E-state index in [1.54, 1.807) is 23.1 Å². The monoisotopic (exact) mass is 558 g/mol. The molecule has 0 bridgehead atoms. The maximum Gasteiger partial charge on any atom is 0.451 e. The van der Waals surface area contributed by atoms with Gasteiger partial charge in [-0.2, -0.15) is 13.2 Å². The molecular formula is C24H24ClF5N6O2. The number of carbonyl (C=O) groups is 1. The molecule has 38 heavy (non-hydrogen) atoms. The Morgan fingerprint density at radius 3 is 2.45 bits per heavy atom. The highest BCUT2D eigenvalue weighted by atomic mass is 35.5. The summed E-state index contributed by atoms with van der Waals surface area (Å²) >= 11 is 6.34. The van der Waals surface area contributed by atoms with E-state index in [1.807, 2.05) is 0 Å². The number of halogens is 6. The summed E-state index contributed by atoms with van der Waals surface area (Å²) in [5.74, 6) is -4.24. The van der Waals surface area contributed by atoms with Gasteiger partial charge in [-0.3, -0.25) is 9.69 Å². The summed E-state index contributed by atoms with van der Waals surface area (Å²) in [4.78, 5) is 26.1. The third-order valence-corrected chi connectivity index (χ3v) is 6.52. The van der Waals surface area contributed by atoms with Crippen molar-refractivity contribution in [2.24, 2.45) is 0 Å². The number of likely N-dealkylation sites (tertiary alicyclic amines) is 1. The number of alkyl halides is 5. The third kappa shape index (κ3) is 6.45. The summed E-state index contributed by atoms with van der Waals surface area (Å²) in [5.41, 5.74) is 0.847. The number of amides is 1. The maximum atomic E-state index is 13.8. The topological polar surface area (TPSA) is 103 Å². The molecule has 0 radical (unpaired) electrons. The number of aromatic nitrogens is 3. The highest BCUT2D eigenvalue weighted by molar-refractivity contribution is 6.35. The van der Waals surface area contributed by atoms with Crippen LogP contribution in [0.4, 0.5) is 27.8 Å². The first-order valence-electron chi connectivity index (χ1n) is 11.7. The largest absolute Gasteiger partial charge is 0.451 e. The van der Waals surface area contributed by atoms with Gasteiger partial charge in [0.05, 0.1) is 28.8 Å². The average Bonchev–Trinajstić information content (AvgIpc) is 2.88. The number of nitrogens with zero attached hydrogens (tertiary/aromatic N) is 4. The van der Waals surface area contributed by atoms with E-state index >= 15 is 0 Å². The van der Waals surface area contributed by atoms with Gasteiger partial charge < -0.3 is 15.7 Å². The minimum Gasteiger partial charge on any atom is -0.395 e. The zero-order valence-electron chi connectivity index (χ0n) is 19.9. The van der Waals surface area contributed by atoms with Gasteiger partial charge in [0, 0.05) is 62.4 Å². The number of carbonyl (C=O) groups excluding carboxylic acids is 1. The second-order valence-corrected chi connectivity index (χ2v) is 9.20. The van der Waals surface area contributed by atoms with Crippen molar-refractivity contribution >= 4 is 34.2 Å². The van der Waals surface area contributed by atoms with E-state index in [1.165, 1.54) is 6.07 Å². The number of rotatable bonds is 8. The summed E-state index contributed by atoms with van der Waals surface area (Å²) in [6.45, 7) is 0.0222. The molecule has 3 aromatic rings. The van der Waals surface area contributed by atoms with E-state index in [2.05, 4.69) is 25.6 Å². The van der Waals surface area contributed by atoms with E-state index in [-0.39, 0.29) is 48.9 Å². The number of anilines is 1. The molecule has 1 saturated heterocycles. The lowest BCUT2D eigenvalue weighted by atomic mass is 10.0. The van der Waals surface area contributed by atoms with Gasteiger partial charge in [0.1, 0.15) is 5.82 Å². The molecule has 1 unspecified atom stereocenters. The number of fused-ring (bicyclic) bond motifs is 1. The quantitative estimate of drug-likeness (QED) is 0.354. The molecule has 2 aromatic heterocycles. The fraction of sp³-hybridized carbons (Fsp3) is 0.417. The smallest absolute Gasteiger partial charge is 0.395 e. The Hall–Kier alpha value is -3.16. The molecule has 0 spiro atoms. The molecule has 0 saturated carbocycles. The average molecular weight is 559 g/mol. The van der Waals surface area contributed by atoms with Gasteiger partial charge in [-0.15, -0.1) is 0 Å². The van der Waals surface area contributed by atoms with Gasteiger partial charge >= 0.3 is 6.18 Å². The van der Waals surface area contributed by atoms with Crippen molar-refractivity contribution in [2.45, 2.75) is 31.0 Å². The summed E-state index contributed by atoms with van der Waals surface area (Å²) in [7, 11) is 0. The molecule has 8 nitrogen and oxygen atoms in total. The standard InChI is InChI=1S/C24H24ClF5N6O2/c25-16-2-3-17-15(1-4-19(35-17)31-7-10-37)20(16)21(38)32-13-18(36-8-5-23(26,27)6-9-36)14-11-33-22(34-12-14)24(28,29)30/h1-4,11-12,18,37H,5-10,13H2,(H,31,35)(H,32,38). The predicted molar refractivity (Wildman–Crippen MR) is 130 cm³/mol. The fourth-order valence-electron chi connectivity index (χ4n) is 4.25.